The fraction of sp³-hybridized carbons (Fsp3) is 0.650. The Morgan fingerprint density at radius 1 is 1.22 bits per heavy atom. The lowest BCUT2D eigenvalue weighted by Crippen LogP contribution is -2.49. The largest absolute Gasteiger partial charge is 0.449 e. The van der Waals surface area contributed by atoms with Gasteiger partial charge in [-0.05, 0) is 49.5 Å². The van der Waals surface area contributed by atoms with Crippen LogP contribution >= 0.6 is 0 Å². The van der Waals surface area contributed by atoms with Crippen molar-refractivity contribution in [2.75, 3.05) is 59.6 Å². The highest BCUT2D eigenvalue weighted by Gasteiger charge is 2.30. The molecule has 2 aliphatic rings. The number of hydrogen-bond acceptors (Lipinski definition) is 5. The van der Waals surface area contributed by atoms with E-state index in [4.69, 9.17) is 9.47 Å². The van der Waals surface area contributed by atoms with Gasteiger partial charge in [-0.15, -0.1) is 0 Å². The minimum Gasteiger partial charge on any atom is -0.449 e. The Kier molecular flexibility index (Phi) is 7.43. The predicted octanol–water partition coefficient (Wildman–Crippen LogP) is 2.27. The van der Waals surface area contributed by atoms with Gasteiger partial charge in [0, 0.05) is 33.3 Å². The van der Waals surface area contributed by atoms with Crippen LogP contribution in [0.5, 0.6) is 0 Å². The monoisotopic (exact) mass is 379 g/mol. The van der Waals surface area contributed by atoms with Gasteiger partial charge >= 0.3 is 6.09 Å². The van der Waals surface area contributed by atoms with Crippen molar-refractivity contribution in [3.8, 4) is 0 Å². The molecule has 1 aromatic carbocycles. The summed E-state index contributed by atoms with van der Waals surface area (Å²) in [4.78, 5) is 16.8. The average molecular weight is 379 g/mol. The van der Waals surface area contributed by atoms with E-state index in [0.29, 0.717) is 25.6 Å². The van der Waals surface area contributed by atoms with Crippen molar-refractivity contribution in [3.63, 3.8) is 0 Å². The van der Waals surface area contributed by atoms with E-state index in [-0.39, 0.29) is 18.0 Å². The van der Waals surface area contributed by atoms with E-state index in [1.807, 2.05) is 0 Å². The number of methoxy groups -OCH3 is 1. The molecular formula is C20H30FN3O3. The summed E-state index contributed by atoms with van der Waals surface area (Å²) in [6.45, 7) is 6.22. The fourth-order valence-electron chi connectivity index (χ4n) is 3.77. The Hall–Kier alpha value is -1.70. The first-order valence-electron chi connectivity index (χ1n) is 9.78. The number of nitrogens with zero attached hydrogens (tertiary/aromatic N) is 2. The highest BCUT2D eigenvalue weighted by Crippen LogP contribution is 2.24. The Labute approximate surface area is 160 Å². The van der Waals surface area contributed by atoms with Crippen LogP contribution in [0.1, 0.15) is 24.4 Å². The molecule has 27 heavy (non-hydrogen) atoms. The van der Waals surface area contributed by atoms with Crippen molar-refractivity contribution < 1.29 is 18.7 Å². The summed E-state index contributed by atoms with van der Waals surface area (Å²) in [5, 5.41) is 3.30. The van der Waals surface area contributed by atoms with E-state index in [1.54, 1.807) is 24.1 Å². The van der Waals surface area contributed by atoms with Gasteiger partial charge < -0.3 is 19.7 Å². The maximum atomic E-state index is 13.2. The van der Waals surface area contributed by atoms with Gasteiger partial charge in [0.25, 0.3) is 0 Å². The van der Waals surface area contributed by atoms with Gasteiger partial charge in [0.15, 0.2) is 0 Å². The van der Waals surface area contributed by atoms with Crippen LogP contribution in [0.2, 0.25) is 0 Å². The highest BCUT2D eigenvalue weighted by atomic mass is 19.1. The summed E-state index contributed by atoms with van der Waals surface area (Å²) in [5.74, 6) is 0.147. The van der Waals surface area contributed by atoms with E-state index >= 15 is 0 Å². The Morgan fingerprint density at radius 2 is 1.96 bits per heavy atom. The molecule has 1 aromatic rings. The van der Waals surface area contributed by atoms with E-state index in [2.05, 4.69) is 10.2 Å². The number of carbonyl (C=O) groups excluding carboxylic acids is 1. The second kappa shape index (κ2) is 10.0. The van der Waals surface area contributed by atoms with Crippen LogP contribution in [-0.2, 0) is 9.47 Å². The fourth-order valence-corrected chi connectivity index (χ4v) is 3.77. The highest BCUT2D eigenvalue weighted by molar-refractivity contribution is 5.68. The first kappa shape index (κ1) is 20.0. The summed E-state index contributed by atoms with van der Waals surface area (Å²) in [7, 11) is 1.72. The van der Waals surface area contributed by atoms with Crippen LogP contribution in [0.4, 0.5) is 9.18 Å². The number of benzene rings is 1. The van der Waals surface area contributed by atoms with E-state index in [0.717, 1.165) is 51.2 Å². The zero-order valence-corrected chi connectivity index (χ0v) is 16.0. The molecule has 7 heteroatoms. The predicted molar refractivity (Wildman–Crippen MR) is 101 cm³/mol. The first-order chi connectivity index (χ1) is 13.2. The molecule has 1 unspecified atom stereocenters. The third-order valence-corrected chi connectivity index (χ3v) is 5.49. The second-order valence-corrected chi connectivity index (χ2v) is 7.32. The molecule has 150 valence electrons. The van der Waals surface area contributed by atoms with Crippen LogP contribution < -0.4 is 5.32 Å². The molecule has 0 saturated carbocycles. The topological polar surface area (TPSA) is 54.0 Å². The van der Waals surface area contributed by atoms with Gasteiger partial charge in [-0.1, -0.05) is 12.1 Å². The van der Waals surface area contributed by atoms with Gasteiger partial charge in [0.2, 0.25) is 0 Å². The molecule has 1 atom stereocenters. The summed E-state index contributed by atoms with van der Waals surface area (Å²) < 4.78 is 24.0. The third-order valence-electron chi connectivity index (χ3n) is 5.49. The van der Waals surface area contributed by atoms with Gasteiger partial charge in [-0.3, -0.25) is 4.90 Å². The molecule has 1 amide bonds. The van der Waals surface area contributed by atoms with E-state index in [9.17, 15) is 9.18 Å². The third kappa shape index (κ3) is 5.64. The molecule has 2 fully saturated rings. The van der Waals surface area contributed by atoms with Crippen molar-refractivity contribution in [2.24, 2.45) is 5.92 Å². The average Bonchev–Trinajstić information content (AvgIpc) is 2.72. The van der Waals surface area contributed by atoms with Crippen molar-refractivity contribution in [3.05, 3.63) is 35.6 Å². The normalized spacial score (nSPS) is 22.0. The lowest BCUT2D eigenvalue weighted by Gasteiger charge is -2.36. The molecule has 3 rings (SSSR count). The zero-order chi connectivity index (χ0) is 19.1. The van der Waals surface area contributed by atoms with Crippen LogP contribution in [0.15, 0.2) is 24.3 Å². The number of rotatable bonds is 6. The first-order valence-corrected chi connectivity index (χ1v) is 9.78. The number of carbonyl (C=O) groups is 1. The number of piperazine rings is 1. The molecule has 0 radical (unpaired) electrons. The van der Waals surface area contributed by atoms with Crippen LogP contribution in [0, 0.1) is 11.7 Å². The minimum atomic E-state index is -0.271. The number of amides is 1. The molecule has 0 aliphatic carbocycles. The SMILES string of the molecule is COCCN1CCC(COC(=O)N2CCNCC2c2ccc(F)cc2)CC1. The van der Waals surface area contributed by atoms with E-state index in [1.165, 1.54) is 12.1 Å². The molecule has 0 bridgehead atoms. The number of piperidine rings is 1. The Morgan fingerprint density at radius 3 is 2.67 bits per heavy atom. The van der Waals surface area contributed by atoms with Crippen LogP contribution in [0.3, 0.4) is 0 Å². The van der Waals surface area contributed by atoms with Gasteiger partial charge in [0.1, 0.15) is 5.82 Å². The van der Waals surface area contributed by atoms with Gasteiger partial charge in [-0.25, -0.2) is 9.18 Å². The van der Waals surface area contributed by atoms with Crippen molar-refractivity contribution >= 4 is 6.09 Å². The lowest BCUT2D eigenvalue weighted by molar-refractivity contribution is 0.0498. The number of nitrogens with one attached hydrogen (secondary N) is 1. The molecule has 0 aromatic heterocycles. The lowest BCUT2D eigenvalue weighted by atomic mass is 9.98. The molecule has 1 N–H and O–H groups in total. The molecular weight excluding hydrogens is 349 g/mol. The van der Waals surface area contributed by atoms with Gasteiger partial charge in [-0.2, -0.15) is 0 Å². The summed E-state index contributed by atoms with van der Waals surface area (Å²) in [5.41, 5.74) is 0.923. The Bertz CT molecular complexity index is 591. The second-order valence-electron chi connectivity index (χ2n) is 7.32. The van der Waals surface area contributed by atoms with Crippen molar-refractivity contribution in [1.29, 1.82) is 0 Å². The Balaban J connectivity index is 1.48. The van der Waals surface area contributed by atoms with Crippen molar-refractivity contribution in [2.45, 2.75) is 18.9 Å². The molecule has 2 heterocycles. The van der Waals surface area contributed by atoms with Crippen molar-refractivity contribution in [1.82, 2.24) is 15.1 Å². The minimum absolute atomic E-state index is 0.122. The smallest absolute Gasteiger partial charge is 0.410 e. The summed E-state index contributed by atoms with van der Waals surface area (Å²) >= 11 is 0. The number of hydrogen-bond donors (Lipinski definition) is 1. The molecule has 2 aliphatic heterocycles. The number of ether oxygens (including phenoxy) is 2. The number of halogens is 1. The maximum absolute atomic E-state index is 13.2. The maximum Gasteiger partial charge on any atom is 0.410 e. The summed E-state index contributed by atoms with van der Waals surface area (Å²) in [6.07, 6.45) is 1.81. The van der Waals surface area contributed by atoms with Crippen LogP contribution in [0.25, 0.3) is 0 Å². The number of likely N-dealkylation sites (tertiary alicyclic amines) is 1. The standard InChI is InChI=1S/C20H30FN3O3/c1-26-13-12-23-9-6-16(7-10-23)15-27-20(25)24-11-8-22-14-19(24)17-2-4-18(21)5-3-17/h2-5,16,19,22H,6-15H2,1H3. The quantitative estimate of drug-likeness (QED) is 0.822. The zero-order valence-electron chi connectivity index (χ0n) is 16.0. The molecule has 2 saturated heterocycles. The van der Waals surface area contributed by atoms with E-state index < -0.39 is 0 Å². The molecule has 0 spiro atoms. The van der Waals surface area contributed by atoms with Crippen LogP contribution in [-0.4, -0.2) is 75.5 Å². The summed E-state index contributed by atoms with van der Waals surface area (Å²) in [6, 6.07) is 6.23. The molecule has 6 nitrogen and oxygen atoms in total. The van der Waals surface area contributed by atoms with Gasteiger partial charge in [0.05, 0.1) is 19.3 Å².